The summed E-state index contributed by atoms with van der Waals surface area (Å²) in [7, 11) is -2.37. The first kappa shape index (κ1) is 18.7. The van der Waals surface area contributed by atoms with Crippen molar-refractivity contribution in [3.05, 3.63) is 42.1 Å². The lowest BCUT2D eigenvalue weighted by Gasteiger charge is -2.22. The summed E-state index contributed by atoms with van der Waals surface area (Å²) in [6, 6.07) is 5.87. The maximum absolute atomic E-state index is 14.0. The van der Waals surface area contributed by atoms with Gasteiger partial charge >= 0.3 is 0 Å². The molecule has 0 spiro atoms. The molecule has 2 unspecified atom stereocenters. The van der Waals surface area contributed by atoms with Crippen LogP contribution in [0.25, 0.3) is 0 Å². The Morgan fingerprint density at radius 3 is 2.41 bits per heavy atom. The van der Waals surface area contributed by atoms with Crippen LogP contribution in [0, 0.1) is 17.7 Å². The lowest BCUT2D eigenvalue weighted by Crippen LogP contribution is -2.33. The Kier molecular flexibility index (Phi) is 4.47. The van der Waals surface area contributed by atoms with Crippen LogP contribution in [-0.4, -0.2) is 56.0 Å². The van der Waals surface area contributed by atoms with Crippen LogP contribution in [0.15, 0.2) is 35.5 Å². The Balaban J connectivity index is 1.29. The lowest BCUT2D eigenvalue weighted by molar-refractivity contribution is 0.385. The molecule has 1 aromatic heterocycles. The number of benzene rings is 1. The third kappa shape index (κ3) is 3.36. The summed E-state index contributed by atoms with van der Waals surface area (Å²) >= 11 is 0. The highest BCUT2D eigenvalue weighted by Gasteiger charge is 2.44. The van der Waals surface area contributed by atoms with Gasteiger partial charge in [-0.15, -0.1) is 0 Å². The van der Waals surface area contributed by atoms with Crippen molar-refractivity contribution in [2.24, 2.45) is 11.8 Å². The third-order valence-corrected chi connectivity index (χ3v) is 8.03. The number of aromatic nitrogens is 2. The van der Waals surface area contributed by atoms with E-state index >= 15 is 0 Å². The van der Waals surface area contributed by atoms with Crippen molar-refractivity contribution in [1.82, 2.24) is 14.3 Å². The molecule has 1 aromatic carbocycles. The predicted octanol–water partition coefficient (Wildman–Crippen LogP) is 2.26. The summed E-state index contributed by atoms with van der Waals surface area (Å²) in [5.41, 5.74) is 1.11. The molecular formula is C20H23FN4O3S. The Morgan fingerprint density at radius 1 is 1.07 bits per heavy atom. The molecule has 3 aliphatic rings. The fourth-order valence-electron chi connectivity index (χ4n) is 4.43. The molecule has 154 valence electrons. The Hall–Kier alpha value is -2.26. The zero-order valence-corrected chi connectivity index (χ0v) is 17.0. The smallest absolute Gasteiger partial charge is 0.243 e. The van der Waals surface area contributed by atoms with Gasteiger partial charge in [-0.2, -0.15) is 4.31 Å². The minimum atomic E-state index is -3.73. The molecule has 1 aliphatic carbocycles. The summed E-state index contributed by atoms with van der Waals surface area (Å²) in [4.78, 5) is 11.0. The normalized spacial score (nSPS) is 24.7. The number of ether oxygens (including phenoxy) is 1. The second kappa shape index (κ2) is 6.91. The largest absolute Gasteiger partial charge is 0.494 e. The van der Waals surface area contributed by atoms with Gasteiger partial charge in [0.1, 0.15) is 12.1 Å². The molecule has 0 bridgehead atoms. The van der Waals surface area contributed by atoms with Gasteiger partial charge in [-0.1, -0.05) is 0 Å². The van der Waals surface area contributed by atoms with Gasteiger partial charge in [0.05, 0.1) is 12.0 Å². The topological polar surface area (TPSA) is 75.6 Å². The summed E-state index contributed by atoms with van der Waals surface area (Å²) in [5, 5.41) is 0. The molecule has 0 radical (unpaired) electrons. The van der Waals surface area contributed by atoms with E-state index in [1.807, 2.05) is 0 Å². The van der Waals surface area contributed by atoms with Crippen molar-refractivity contribution in [2.45, 2.75) is 23.7 Å². The molecule has 2 aromatic rings. The van der Waals surface area contributed by atoms with E-state index in [1.54, 1.807) is 6.33 Å². The number of fused-ring (bicyclic) bond motifs is 1. The summed E-state index contributed by atoms with van der Waals surface area (Å²) in [6.45, 7) is 2.43. The Morgan fingerprint density at radius 2 is 1.79 bits per heavy atom. The fraction of sp³-hybridized carbons (Fsp3) is 0.500. The van der Waals surface area contributed by atoms with E-state index in [4.69, 9.17) is 4.74 Å². The number of anilines is 1. The van der Waals surface area contributed by atoms with Crippen molar-refractivity contribution in [1.29, 1.82) is 0 Å². The summed E-state index contributed by atoms with van der Waals surface area (Å²) in [5.74, 6) is 1.36. The molecule has 2 saturated heterocycles. The van der Waals surface area contributed by atoms with Gasteiger partial charge in [-0.25, -0.2) is 22.8 Å². The number of nitrogens with zero attached hydrogens (tertiary/aromatic N) is 4. The number of halogens is 1. The summed E-state index contributed by atoms with van der Waals surface area (Å²) in [6.07, 6.45) is 4.02. The molecular weight excluding hydrogens is 395 g/mol. The zero-order chi connectivity index (χ0) is 20.2. The van der Waals surface area contributed by atoms with Crippen LogP contribution >= 0.6 is 0 Å². The Labute approximate surface area is 169 Å². The molecule has 5 rings (SSSR count). The number of hydrogen-bond donors (Lipinski definition) is 0. The van der Waals surface area contributed by atoms with E-state index < -0.39 is 15.8 Å². The van der Waals surface area contributed by atoms with Crippen LogP contribution < -0.4 is 9.64 Å². The molecule has 0 amide bonds. The number of rotatable bonds is 5. The van der Waals surface area contributed by atoms with E-state index in [9.17, 15) is 12.8 Å². The van der Waals surface area contributed by atoms with Gasteiger partial charge < -0.3 is 9.64 Å². The van der Waals surface area contributed by atoms with E-state index in [-0.39, 0.29) is 22.5 Å². The van der Waals surface area contributed by atoms with Crippen molar-refractivity contribution >= 4 is 15.8 Å². The van der Waals surface area contributed by atoms with E-state index in [2.05, 4.69) is 20.9 Å². The van der Waals surface area contributed by atoms with Gasteiger partial charge in [0, 0.05) is 43.9 Å². The SMILES string of the molecule is COc1ccc(S(=O)(=O)N2CC3CN(c4cc(C5CC5)ncn4)CC3C2)cc1F. The lowest BCUT2D eigenvalue weighted by atomic mass is 10.0. The molecule has 9 heteroatoms. The Bertz CT molecular complexity index is 1030. The molecule has 3 heterocycles. The van der Waals surface area contributed by atoms with Gasteiger partial charge in [0.2, 0.25) is 10.0 Å². The van der Waals surface area contributed by atoms with Gasteiger partial charge in [0.25, 0.3) is 0 Å². The predicted molar refractivity (Wildman–Crippen MR) is 105 cm³/mol. The van der Waals surface area contributed by atoms with E-state index in [1.165, 1.54) is 36.4 Å². The quantitative estimate of drug-likeness (QED) is 0.742. The first-order valence-corrected chi connectivity index (χ1v) is 11.3. The fourth-order valence-corrected chi connectivity index (χ4v) is 5.99. The molecule has 2 aliphatic heterocycles. The third-order valence-electron chi connectivity index (χ3n) is 6.21. The van der Waals surface area contributed by atoms with Crippen LogP contribution in [0.4, 0.5) is 10.2 Å². The molecule has 7 nitrogen and oxygen atoms in total. The summed E-state index contributed by atoms with van der Waals surface area (Å²) < 4.78 is 46.3. The average molecular weight is 418 g/mol. The van der Waals surface area contributed by atoms with Crippen LogP contribution in [0.2, 0.25) is 0 Å². The van der Waals surface area contributed by atoms with Crippen molar-refractivity contribution in [2.75, 3.05) is 38.2 Å². The molecule has 1 saturated carbocycles. The second-order valence-electron chi connectivity index (χ2n) is 8.12. The maximum atomic E-state index is 14.0. The first-order chi connectivity index (χ1) is 14.0. The molecule has 3 fully saturated rings. The highest BCUT2D eigenvalue weighted by atomic mass is 32.2. The standard InChI is InChI=1S/C20H23FN4O3S/c1-28-19-5-4-16(6-17(19)21)29(26,27)25-10-14-8-24(9-15(14)11-25)20-7-18(13-2-3-13)22-12-23-20/h4-7,12-15H,2-3,8-11H2,1H3. The maximum Gasteiger partial charge on any atom is 0.243 e. The molecule has 2 atom stereocenters. The van der Waals surface area contributed by atoms with Crippen LogP contribution in [-0.2, 0) is 10.0 Å². The van der Waals surface area contributed by atoms with Crippen LogP contribution in [0.3, 0.4) is 0 Å². The zero-order valence-electron chi connectivity index (χ0n) is 16.2. The monoisotopic (exact) mass is 418 g/mol. The van der Waals surface area contributed by atoms with Gasteiger partial charge in [-0.3, -0.25) is 0 Å². The molecule has 29 heavy (non-hydrogen) atoms. The minimum Gasteiger partial charge on any atom is -0.494 e. The first-order valence-electron chi connectivity index (χ1n) is 9.86. The molecule has 0 N–H and O–H groups in total. The number of hydrogen-bond acceptors (Lipinski definition) is 6. The van der Waals surface area contributed by atoms with E-state index in [0.717, 1.165) is 30.7 Å². The van der Waals surface area contributed by atoms with Gasteiger partial charge in [0.15, 0.2) is 11.6 Å². The van der Waals surface area contributed by atoms with Crippen LogP contribution in [0.5, 0.6) is 5.75 Å². The van der Waals surface area contributed by atoms with Crippen molar-refractivity contribution < 1.29 is 17.5 Å². The number of sulfonamides is 1. The minimum absolute atomic E-state index is 0.0301. The van der Waals surface area contributed by atoms with E-state index in [0.29, 0.717) is 19.0 Å². The van der Waals surface area contributed by atoms with Crippen molar-refractivity contribution in [3.63, 3.8) is 0 Å². The van der Waals surface area contributed by atoms with Crippen molar-refractivity contribution in [3.8, 4) is 5.75 Å². The van der Waals surface area contributed by atoms with Gasteiger partial charge in [-0.05, 0) is 42.9 Å². The highest BCUT2D eigenvalue weighted by molar-refractivity contribution is 7.89. The second-order valence-corrected chi connectivity index (χ2v) is 10.1. The highest BCUT2D eigenvalue weighted by Crippen LogP contribution is 2.41. The number of methoxy groups -OCH3 is 1. The average Bonchev–Trinajstić information content (AvgIpc) is 3.37. The van der Waals surface area contributed by atoms with Crippen LogP contribution in [0.1, 0.15) is 24.5 Å².